The molecule has 18 unspecified atom stereocenters. The number of nitrogens with one attached hydrogen (secondary N) is 1. The zero-order valence-corrected chi connectivity index (χ0v) is 39.3. The maximum atomic E-state index is 14.4. The second-order valence-electron chi connectivity index (χ2n) is 19.3. The van der Waals surface area contributed by atoms with Crippen molar-refractivity contribution in [3.63, 3.8) is 0 Å². The average Bonchev–Trinajstić information content (AvgIpc) is 3.60. The molecule has 20 atom stereocenters. The van der Waals surface area contributed by atoms with Gasteiger partial charge in [0.2, 0.25) is 0 Å². The quantitative estimate of drug-likeness (QED) is 0.194. The molecule has 6 aliphatic heterocycles. The van der Waals surface area contributed by atoms with Gasteiger partial charge in [-0.25, -0.2) is 0 Å². The van der Waals surface area contributed by atoms with Crippen LogP contribution in [0.15, 0.2) is 59.3 Å². The lowest BCUT2D eigenvalue weighted by atomic mass is 9.71. The predicted octanol–water partition coefficient (Wildman–Crippen LogP) is 5.60. The minimum Gasteiger partial charge on any atom is -0.462 e. The summed E-state index contributed by atoms with van der Waals surface area (Å²) in [5.74, 6) is -2.51. The van der Waals surface area contributed by atoms with Crippen molar-refractivity contribution < 1.29 is 62.4 Å². The van der Waals surface area contributed by atoms with Crippen LogP contribution in [0.1, 0.15) is 93.9 Å². The molecule has 0 aromatic heterocycles. The molecule has 1 spiro atoms. The number of hydrogen-bond donors (Lipinski definition) is 3. The van der Waals surface area contributed by atoms with Crippen LogP contribution in [-0.2, 0) is 52.2 Å². The first kappa shape index (κ1) is 48.6. The largest absolute Gasteiger partial charge is 0.462 e. The molecule has 1 aliphatic carbocycles. The molecule has 0 aromatic carbocycles. The summed E-state index contributed by atoms with van der Waals surface area (Å²) in [6.07, 6.45) is 10.7. The van der Waals surface area contributed by atoms with Crippen molar-refractivity contribution in [2.45, 2.75) is 191 Å². The minimum atomic E-state index is -1.83. The second kappa shape index (κ2) is 20.3. The highest BCUT2D eigenvalue weighted by atomic mass is 16.7. The van der Waals surface area contributed by atoms with Gasteiger partial charge in [0.25, 0.3) is 0 Å². The van der Waals surface area contributed by atoms with Gasteiger partial charge in [-0.2, -0.15) is 0 Å². The van der Waals surface area contributed by atoms with Crippen molar-refractivity contribution in [3.05, 3.63) is 59.3 Å². The number of esters is 1. The Morgan fingerprint density at radius 3 is 2.35 bits per heavy atom. The standard InChI is InChI=1S/C49H75NO13/c1-12-26(2)44-29(5)18-19-48(63-44)24-35-21-34(62-48)17-16-28(4)43(27(3)14-13-15-33-25-56-46-42(51)30(6)20-36(47(52)59-35)49(33,46)53)60-40-23-38(55-11)45(32(8)58-40)61-39-22-37(54-10)41(50-9)31(7)57-39/h13-16,18-20,26-27,29,31-32,34-46,50-51,53H,12,17,21-25H2,1-11H3/b14-13+,28-16+,33-15+/t26?,27?,29?,31?,32?,34?,35?,36?,37?,38?,39?,40?,41?,42?,43?,44-,45?,46?,48-,49?/m1/s1. The Morgan fingerprint density at radius 2 is 1.63 bits per heavy atom. The molecule has 354 valence electrons. The Morgan fingerprint density at radius 1 is 0.921 bits per heavy atom. The fourth-order valence-electron chi connectivity index (χ4n) is 11.0. The van der Waals surface area contributed by atoms with Crippen molar-refractivity contribution >= 4 is 5.97 Å². The maximum absolute atomic E-state index is 14.4. The van der Waals surface area contributed by atoms with Gasteiger partial charge in [0, 0.05) is 51.7 Å². The molecule has 0 radical (unpaired) electrons. The van der Waals surface area contributed by atoms with Gasteiger partial charge in [0.1, 0.15) is 35.9 Å². The minimum absolute atomic E-state index is 0.0411. The smallest absolute Gasteiger partial charge is 0.316 e. The number of rotatable bonds is 9. The molecule has 4 saturated heterocycles. The first-order valence-corrected chi connectivity index (χ1v) is 23.4. The lowest BCUT2D eigenvalue weighted by Gasteiger charge is -2.48. The Bertz CT molecular complexity index is 1750. The first-order chi connectivity index (χ1) is 30.0. The average molecular weight is 886 g/mol. The Labute approximate surface area is 374 Å². The van der Waals surface area contributed by atoms with Gasteiger partial charge in [0.05, 0.1) is 55.4 Å². The van der Waals surface area contributed by atoms with E-state index in [0.717, 1.165) is 12.0 Å². The van der Waals surface area contributed by atoms with Gasteiger partial charge in [0.15, 0.2) is 18.4 Å². The van der Waals surface area contributed by atoms with Crippen LogP contribution >= 0.6 is 0 Å². The highest BCUT2D eigenvalue weighted by Gasteiger charge is 2.60. The number of aliphatic hydroxyl groups excluding tert-OH is 1. The van der Waals surface area contributed by atoms with Crippen molar-refractivity contribution in [1.82, 2.24) is 5.32 Å². The molecule has 7 rings (SSSR count). The molecule has 0 amide bonds. The van der Waals surface area contributed by atoms with E-state index in [0.29, 0.717) is 43.3 Å². The number of methoxy groups -OCH3 is 2. The summed E-state index contributed by atoms with van der Waals surface area (Å²) >= 11 is 0. The van der Waals surface area contributed by atoms with E-state index in [1.807, 2.05) is 39.1 Å². The molecule has 63 heavy (non-hydrogen) atoms. The fraction of sp³-hybridized carbons (Fsp3) is 0.776. The second-order valence-corrected chi connectivity index (χ2v) is 19.3. The molecule has 6 heterocycles. The van der Waals surface area contributed by atoms with E-state index in [4.69, 9.17) is 47.4 Å². The van der Waals surface area contributed by atoms with E-state index in [9.17, 15) is 15.0 Å². The van der Waals surface area contributed by atoms with Crippen LogP contribution in [0, 0.1) is 23.7 Å². The third-order valence-corrected chi connectivity index (χ3v) is 14.9. The van der Waals surface area contributed by atoms with E-state index in [-0.39, 0.29) is 67.0 Å². The number of fused-ring (bicyclic) bond motifs is 2. The van der Waals surface area contributed by atoms with Crippen molar-refractivity contribution in [2.75, 3.05) is 27.9 Å². The molecule has 7 aliphatic rings. The number of aliphatic hydroxyl groups is 2. The number of carbonyl (C=O) groups is 1. The third kappa shape index (κ3) is 10.0. The maximum Gasteiger partial charge on any atom is 0.316 e. The van der Waals surface area contributed by atoms with E-state index in [1.165, 1.54) is 0 Å². The van der Waals surface area contributed by atoms with E-state index >= 15 is 0 Å². The summed E-state index contributed by atoms with van der Waals surface area (Å²) in [7, 11) is 5.30. The van der Waals surface area contributed by atoms with Gasteiger partial charge in [-0.1, -0.05) is 70.6 Å². The van der Waals surface area contributed by atoms with E-state index in [1.54, 1.807) is 33.3 Å². The monoisotopic (exact) mass is 886 g/mol. The zero-order valence-electron chi connectivity index (χ0n) is 39.3. The molecule has 2 bridgehead atoms. The van der Waals surface area contributed by atoms with Crippen molar-refractivity contribution in [1.29, 1.82) is 0 Å². The zero-order chi connectivity index (χ0) is 45.4. The summed E-state index contributed by atoms with van der Waals surface area (Å²) < 4.78 is 64.6. The van der Waals surface area contributed by atoms with Gasteiger partial charge in [-0.05, 0) is 69.9 Å². The van der Waals surface area contributed by atoms with Crippen molar-refractivity contribution in [3.8, 4) is 0 Å². The topological polar surface area (TPSA) is 162 Å². The van der Waals surface area contributed by atoms with Crippen LogP contribution in [0.3, 0.4) is 0 Å². The number of ether oxygens (including phenoxy) is 10. The Balaban J connectivity index is 1.18. The van der Waals surface area contributed by atoms with E-state index in [2.05, 4.69) is 52.1 Å². The first-order valence-electron chi connectivity index (χ1n) is 23.4. The molecule has 14 heteroatoms. The lowest BCUT2D eigenvalue weighted by molar-refractivity contribution is -0.312. The number of allylic oxidation sites excluding steroid dienone is 2. The van der Waals surface area contributed by atoms with Crippen LogP contribution in [0.25, 0.3) is 0 Å². The molecule has 4 fully saturated rings. The van der Waals surface area contributed by atoms with Crippen LogP contribution in [0.5, 0.6) is 0 Å². The van der Waals surface area contributed by atoms with Crippen LogP contribution in [-0.4, -0.2) is 141 Å². The Kier molecular flexibility index (Phi) is 15.7. The highest BCUT2D eigenvalue weighted by molar-refractivity contribution is 5.78. The van der Waals surface area contributed by atoms with Gasteiger partial charge in [-0.15, -0.1) is 0 Å². The Hall–Kier alpha value is -2.31. The molecular weight excluding hydrogens is 811 g/mol. The molecule has 0 saturated carbocycles. The van der Waals surface area contributed by atoms with Gasteiger partial charge in [-0.3, -0.25) is 4.79 Å². The van der Waals surface area contributed by atoms with Crippen molar-refractivity contribution in [2.24, 2.45) is 23.7 Å². The molecular formula is C49H75NO13. The number of hydrogen-bond acceptors (Lipinski definition) is 14. The lowest BCUT2D eigenvalue weighted by Crippen LogP contribution is -2.58. The summed E-state index contributed by atoms with van der Waals surface area (Å²) in [5.41, 5.74) is 0.180. The van der Waals surface area contributed by atoms with Crippen LogP contribution in [0.2, 0.25) is 0 Å². The summed E-state index contributed by atoms with van der Waals surface area (Å²) in [5, 5.41) is 27.1. The SMILES string of the molecule is CCC(C)[C@H]1O[C@]2(C=CC1C)CC1CC(C/C=C(\C)C(OC3CC(OC)C(OC4CC(OC)C(NC)C(C)O4)C(C)O3)C(C)/C=C/C=C3\COC4C(O)C(C)=CC(C(=O)O1)C34O)O2. The summed E-state index contributed by atoms with van der Waals surface area (Å²) in [4.78, 5) is 14.4. The molecule has 0 aromatic rings. The fourth-order valence-corrected chi connectivity index (χ4v) is 11.0. The number of likely N-dealkylation sites (N-methyl/N-ethyl adjacent to an activating group) is 1. The summed E-state index contributed by atoms with van der Waals surface area (Å²) in [6, 6.07) is 0.0442. The third-order valence-electron chi connectivity index (χ3n) is 14.9. The highest BCUT2D eigenvalue weighted by Crippen LogP contribution is 2.47. The van der Waals surface area contributed by atoms with Gasteiger partial charge >= 0.3 is 5.97 Å². The normalized spacial score (nSPS) is 48.6. The predicted molar refractivity (Wildman–Crippen MR) is 234 cm³/mol. The molecule has 14 nitrogen and oxygen atoms in total. The van der Waals surface area contributed by atoms with E-state index < -0.39 is 66.4 Å². The molecule has 3 N–H and O–H groups in total. The number of carbonyl (C=O) groups excluding carboxylic acids is 1. The van der Waals surface area contributed by atoms with Crippen LogP contribution in [0.4, 0.5) is 0 Å². The van der Waals surface area contributed by atoms with Crippen LogP contribution < -0.4 is 5.32 Å². The summed E-state index contributed by atoms with van der Waals surface area (Å²) in [6.45, 7) is 16.4. The van der Waals surface area contributed by atoms with Gasteiger partial charge < -0.3 is 62.9 Å².